The first-order valence-electron chi connectivity index (χ1n) is 7.39. The van der Waals surface area contributed by atoms with E-state index in [9.17, 15) is 0 Å². The quantitative estimate of drug-likeness (QED) is 0.856. The molecule has 2 unspecified atom stereocenters. The molecule has 1 aromatic heterocycles. The zero-order valence-corrected chi connectivity index (χ0v) is 11.6. The maximum atomic E-state index is 5.86. The number of anilines is 2. The Balaban J connectivity index is 1.77. The van der Waals surface area contributed by atoms with Gasteiger partial charge >= 0.3 is 0 Å². The summed E-state index contributed by atoms with van der Waals surface area (Å²) < 4.78 is 0. The van der Waals surface area contributed by atoms with Crippen LogP contribution in [0.25, 0.3) is 0 Å². The van der Waals surface area contributed by atoms with Gasteiger partial charge in [0.2, 0.25) is 5.95 Å². The molecule has 2 saturated heterocycles. The molecule has 2 aliphatic rings. The Hall–Kier alpha value is -1.36. The molecule has 3 heterocycles. The van der Waals surface area contributed by atoms with Gasteiger partial charge in [-0.15, -0.1) is 0 Å². The summed E-state index contributed by atoms with van der Waals surface area (Å²) in [4.78, 5) is 11.1. The lowest BCUT2D eigenvalue weighted by atomic mass is 10.2. The van der Waals surface area contributed by atoms with Crippen molar-refractivity contribution in [3.05, 3.63) is 11.8 Å². The molecule has 0 aliphatic carbocycles. The molecule has 1 aromatic rings. The number of aryl methyl sites for hydroxylation is 1. The molecule has 3 rings (SSSR count). The van der Waals surface area contributed by atoms with Gasteiger partial charge in [-0.3, -0.25) is 0 Å². The first-order valence-corrected chi connectivity index (χ1v) is 7.39. The highest BCUT2D eigenvalue weighted by Crippen LogP contribution is 2.24. The third-order valence-corrected chi connectivity index (χ3v) is 4.11. The second-order valence-electron chi connectivity index (χ2n) is 5.72. The summed E-state index contributed by atoms with van der Waals surface area (Å²) in [5, 5.41) is 3.64. The SMILES string of the molecule is CCCCc1cc(N2CC3CCC(C2)N3)nc(N)n1. The molecule has 2 fully saturated rings. The van der Waals surface area contributed by atoms with Crippen molar-refractivity contribution < 1.29 is 0 Å². The minimum absolute atomic E-state index is 0.412. The van der Waals surface area contributed by atoms with Gasteiger partial charge in [0.1, 0.15) is 5.82 Å². The Bertz CT molecular complexity index is 435. The monoisotopic (exact) mass is 261 g/mol. The molecule has 5 nitrogen and oxygen atoms in total. The Morgan fingerprint density at radius 2 is 2.05 bits per heavy atom. The lowest BCUT2D eigenvalue weighted by Crippen LogP contribution is -2.51. The Labute approximate surface area is 114 Å². The maximum absolute atomic E-state index is 5.86. The number of unbranched alkanes of at least 4 members (excludes halogenated alkanes) is 1. The Morgan fingerprint density at radius 1 is 1.32 bits per heavy atom. The van der Waals surface area contributed by atoms with Crippen LogP contribution in [0.4, 0.5) is 11.8 Å². The molecule has 5 heteroatoms. The molecule has 104 valence electrons. The zero-order chi connectivity index (χ0) is 13.2. The fourth-order valence-corrected chi connectivity index (χ4v) is 3.14. The molecule has 2 bridgehead atoms. The van der Waals surface area contributed by atoms with Crippen molar-refractivity contribution in [3.8, 4) is 0 Å². The second kappa shape index (κ2) is 5.33. The summed E-state index contributed by atoms with van der Waals surface area (Å²) in [7, 11) is 0. The summed E-state index contributed by atoms with van der Waals surface area (Å²) in [5.41, 5.74) is 6.94. The lowest BCUT2D eigenvalue weighted by Gasteiger charge is -2.33. The van der Waals surface area contributed by atoms with Gasteiger partial charge in [0.05, 0.1) is 0 Å². The van der Waals surface area contributed by atoms with Crippen LogP contribution in [0.5, 0.6) is 0 Å². The van der Waals surface area contributed by atoms with Gasteiger partial charge in [0, 0.05) is 36.9 Å². The fraction of sp³-hybridized carbons (Fsp3) is 0.714. The minimum atomic E-state index is 0.412. The summed E-state index contributed by atoms with van der Waals surface area (Å²) in [6.07, 6.45) is 5.89. The molecular formula is C14H23N5. The van der Waals surface area contributed by atoms with Crippen molar-refractivity contribution in [3.63, 3.8) is 0 Å². The number of nitrogen functional groups attached to an aromatic ring is 1. The minimum Gasteiger partial charge on any atom is -0.368 e. The largest absolute Gasteiger partial charge is 0.368 e. The van der Waals surface area contributed by atoms with Crippen molar-refractivity contribution in [1.82, 2.24) is 15.3 Å². The Kier molecular flexibility index (Phi) is 3.55. The summed E-state index contributed by atoms with van der Waals surface area (Å²) in [6.45, 7) is 4.28. The van der Waals surface area contributed by atoms with Crippen LogP contribution in [0.3, 0.4) is 0 Å². The summed E-state index contributed by atoms with van der Waals surface area (Å²) in [6, 6.07) is 3.36. The highest BCUT2D eigenvalue weighted by molar-refractivity contribution is 5.45. The molecule has 2 aliphatic heterocycles. The smallest absolute Gasteiger partial charge is 0.222 e. The van der Waals surface area contributed by atoms with Gasteiger partial charge in [-0.1, -0.05) is 13.3 Å². The van der Waals surface area contributed by atoms with Crippen molar-refractivity contribution in [2.45, 2.75) is 51.1 Å². The van der Waals surface area contributed by atoms with E-state index in [0.717, 1.165) is 37.4 Å². The van der Waals surface area contributed by atoms with Crippen molar-refractivity contribution in [1.29, 1.82) is 0 Å². The van der Waals surface area contributed by atoms with E-state index < -0.39 is 0 Å². The predicted octanol–water partition coefficient (Wildman–Crippen LogP) is 1.34. The molecule has 3 N–H and O–H groups in total. The number of nitrogens with one attached hydrogen (secondary N) is 1. The highest BCUT2D eigenvalue weighted by Gasteiger charge is 2.32. The van der Waals surface area contributed by atoms with Gasteiger partial charge in [-0.05, 0) is 25.7 Å². The van der Waals surface area contributed by atoms with Crippen LogP contribution in [0.2, 0.25) is 0 Å². The van der Waals surface area contributed by atoms with Crippen LogP contribution in [0, 0.1) is 0 Å². The summed E-state index contributed by atoms with van der Waals surface area (Å²) in [5.74, 6) is 1.42. The van der Waals surface area contributed by atoms with E-state index in [2.05, 4.69) is 33.2 Å². The second-order valence-corrected chi connectivity index (χ2v) is 5.72. The number of aromatic nitrogens is 2. The topological polar surface area (TPSA) is 67.1 Å². The molecular weight excluding hydrogens is 238 g/mol. The fourth-order valence-electron chi connectivity index (χ4n) is 3.14. The van der Waals surface area contributed by atoms with E-state index in [0.29, 0.717) is 18.0 Å². The number of rotatable bonds is 4. The van der Waals surface area contributed by atoms with Gasteiger partial charge in [-0.25, -0.2) is 4.98 Å². The van der Waals surface area contributed by atoms with E-state index in [1.165, 1.54) is 19.3 Å². The normalized spacial score (nSPS) is 25.8. The summed E-state index contributed by atoms with van der Waals surface area (Å²) >= 11 is 0. The van der Waals surface area contributed by atoms with Crippen molar-refractivity contribution in [2.24, 2.45) is 0 Å². The van der Waals surface area contributed by atoms with Crippen LogP contribution in [0.1, 0.15) is 38.3 Å². The van der Waals surface area contributed by atoms with Gasteiger partial charge in [0.15, 0.2) is 0 Å². The number of hydrogen-bond donors (Lipinski definition) is 2. The molecule has 0 spiro atoms. The van der Waals surface area contributed by atoms with Crippen LogP contribution >= 0.6 is 0 Å². The number of nitrogens with two attached hydrogens (primary N) is 1. The number of hydrogen-bond acceptors (Lipinski definition) is 5. The molecule has 2 atom stereocenters. The molecule has 19 heavy (non-hydrogen) atoms. The molecule has 0 aromatic carbocycles. The van der Waals surface area contributed by atoms with Crippen molar-refractivity contribution in [2.75, 3.05) is 23.7 Å². The van der Waals surface area contributed by atoms with Crippen molar-refractivity contribution >= 4 is 11.8 Å². The Morgan fingerprint density at radius 3 is 2.74 bits per heavy atom. The van der Waals surface area contributed by atoms with Crippen LogP contribution in [0.15, 0.2) is 6.07 Å². The zero-order valence-electron chi connectivity index (χ0n) is 11.6. The van der Waals surface area contributed by atoms with E-state index in [1.54, 1.807) is 0 Å². The highest BCUT2D eigenvalue weighted by atomic mass is 15.3. The van der Waals surface area contributed by atoms with Crippen LogP contribution in [-0.4, -0.2) is 35.1 Å². The average molecular weight is 261 g/mol. The number of nitrogens with zero attached hydrogens (tertiary/aromatic N) is 3. The third kappa shape index (κ3) is 2.81. The standard InChI is InChI=1S/C14H23N5/c1-2-3-4-10-7-13(18-14(15)17-10)19-8-11-5-6-12(9-19)16-11/h7,11-12,16H,2-6,8-9H2,1H3,(H2,15,17,18). The van der Waals surface area contributed by atoms with E-state index in [1.807, 2.05) is 0 Å². The van der Waals surface area contributed by atoms with Gasteiger partial charge in [-0.2, -0.15) is 4.98 Å². The van der Waals surface area contributed by atoms with Gasteiger partial charge in [0.25, 0.3) is 0 Å². The number of fused-ring (bicyclic) bond motifs is 2. The third-order valence-electron chi connectivity index (χ3n) is 4.11. The van der Waals surface area contributed by atoms with Crippen LogP contribution in [-0.2, 0) is 6.42 Å². The number of piperazine rings is 1. The van der Waals surface area contributed by atoms with Gasteiger partial charge < -0.3 is 16.0 Å². The van der Waals surface area contributed by atoms with E-state index in [-0.39, 0.29) is 0 Å². The molecule has 0 saturated carbocycles. The van der Waals surface area contributed by atoms with E-state index >= 15 is 0 Å². The molecule has 0 radical (unpaired) electrons. The van der Waals surface area contributed by atoms with Crippen LogP contribution < -0.4 is 16.0 Å². The average Bonchev–Trinajstić information content (AvgIpc) is 2.74. The predicted molar refractivity (Wildman–Crippen MR) is 77.2 cm³/mol. The van der Waals surface area contributed by atoms with E-state index in [4.69, 9.17) is 5.73 Å². The lowest BCUT2D eigenvalue weighted by molar-refractivity contribution is 0.463. The first kappa shape index (κ1) is 12.7. The molecule has 0 amide bonds. The first-order chi connectivity index (χ1) is 9.24. The maximum Gasteiger partial charge on any atom is 0.222 e.